The molecule has 186 valence electrons. The molecular weight excluding hydrogens is 466 g/mol. The van der Waals surface area contributed by atoms with Crippen molar-refractivity contribution < 1.29 is 23.4 Å². The van der Waals surface area contributed by atoms with Crippen molar-refractivity contribution in [3.8, 4) is 28.4 Å². The largest absolute Gasteiger partial charge is 0.496 e. The summed E-state index contributed by atoms with van der Waals surface area (Å²) in [5.74, 6) is 1.48. The number of hydrogen-bond acceptors (Lipinski definition) is 5. The zero-order valence-electron chi connectivity index (χ0n) is 21.1. The molecule has 0 fully saturated rings. The first-order valence-electron chi connectivity index (χ1n) is 11.8. The summed E-state index contributed by atoms with van der Waals surface area (Å²) in [6.45, 7) is 1.88. The summed E-state index contributed by atoms with van der Waals surface area (Å²) >= 11 is 0. The van der Waals surface area contributed by atoms with Gasteiger partial charge in [-0.3, -0.25) is 4.79 Å². The van der Waals surface area contributed by atoms with Crippen LogP contribution in [0.3, 0.4) is 0 Å². The first-order chi connectivity index (χ1) is 18.0. The van der Waals surface area contributed by atoms with Gasteiger partial charge >= 0.3 is 0 Å². The number of carbonyl (C=O) groups excluding carboxylic acids is 1. The lowest BCUT2D eigenvalue weighted by atomic mass is 9.97. The van der Waals surface area contributed by atoms with Crippen LogP contribution in [0.2, 0.25) is 0 Å². The fourth-order valence-electron chi connectivity index (χ4n) is 4.48. The molecule has 1 aromatic heterocycles. The third kappa shape index (κ3) is 4.74. The first kappa shape index (κ1) is 24.0. The Balaban J connectivity index is 1.49. The third-order valence-electron chi connectivity index (χ3n) is 6.38. The summed E-state index contributed by atoms with van der Waals surface area (Å²) in [4.78, 5) is 12.9. The zero-order valence-corrected chi connectivity index (χ0v) is 21.1. The van der Waals surface area contributed by atoms with E-state index in [-0.39, 0.29) is 5.91 Å². The van der Waals surface area contributed by atoms with Gasteiger partial charge in [-0.1, -0.05) is 36.4 Å². The molecule has 0 spiro atoms. The van der Waals surface area contributed by atoms with Gasteiger partial charge in [-0.2, -0.15) is 0 Å². The van der Waals surface area contributed by atoms with Crippen LogP contribution in [0.25, 0.3) is 38.4 Å². The highest BCUT2D eigenvalue weighted by atomic mass is 16.5. The van der Waals surface area contributed by atoms with Gasteiger partial charge in [0.05, 0.1) is 27.6 Å². The molecule has 0 aliphatic heterocycles. The summed E-state index contributed by atoms with van der Waals surface area (Å²) in [7, 11) is 4.73. The Hall–Kier alpha value is -4.71. The van der Waals surface area contributed by atoms with Crippen molar-refractivity contribution in [3.63, 3.8) is 0 Å². The van der Waals surface area contributed by atoms with Crippen molar-refractivity contribution in [3.05, 3.63) is 90.7 Å². The molecule has 0 unspecified atom stereocenters. The topological polar surface area (TPSA) is 69.9 Å². The average Bonchev–Trinajstić information content (AvgIpc) is 3.34. The molecular formula is C31H27NO5. The highest BCUT2D eigenvalue weighted by molar-refractivity contribution is 6.05. The fourth-order valence-corrected chi connectivity index (χ4v) is 4.48. The van der Waals surface area contributed by atoms with Crippen molar-refractivity contribution in [1.82, 2.24) is 0 Å². The van der Waals surface area contributed by atoms with E-state index in [1.54, 1.807) is 51.9 Å². The molecule has 1 heterocycles. The number of nitrogens with one attached hydrogen (secondary N) is 1. The molecule has 6 nitrogen and oxygen atoms in total. The van der Waals surface area contributed by atoms with Crippen LogP contribution in [0.15, 0.2) is 89.6 Å². The van der Waals surface area contributed by atoms with Gasteiger partial charge in [-0.25, -0.2) is 0 Å². The maximum atomic E-state index is 12.9. The second kappa shape index (κ2) is 10.1. The monoisotopic (exact) mass is 493 g/mol. The van der Waals surface area contributed by atoms with Gasteiger partial charge in [0, 0.05) is 40.4 Å². The maximum Gasteiger partial charge on any atom is 0.248 e. The number of amides is 1. The van der Waals surface area contributed by atoms with E-state index in [1.807, 2.05) is 31.2 Å². The van der Waals surface area contributed by atoms with Crippen molar-refractivity contribution in [2.45, 2.75) is 6.92 Å². The predicted octanol–water partition coefficient (Wildman–Crippen LogP) is 7.32. The molecule has 0 atom stereocenters. The normalized spacial score (nSPS) is 11.5. The first-order valence-corrected chi connectivity index (χ1v) is 11.8. The van der Waals surface area contributed by atoms with Crippen molar-refractivity contribution in [2.24, 2.45) is 0 Å². The van der Waals surface area contributed by atoms with Crippen LogP contribution in [-0.2, 0) is 4.79 Å². The number of ether oxygens (including phenoxy) is 3. The maximum absolute atomic E-state index is 12.9. The van der Waals surface area contributed by atoms with Gasteiger partial charge < -0.3 is 23.9 Å². The molecule has 1 N–H and O–H groups in total. The van der Waals surface area contributed by atoms with Gasteiger partial charge in [0.1, 0.15) is 11.3 Å². The second-order valence-electron chi connectivity index (χ2n) is 8.65. The van der Waals surface area contributed by atoms with Crippen LogP contribution in [0.1, 0.15) is 12.5 Å². The minimum Gasteiger partial charge on any atom is -0.496 e. The highest BCUT2D eigenvalue weighted by Crippen LogP contribution is 2.38. The summed E-state index contributed by atoms with van der Waals surface area (Å²) in [5.41, 5.74) is 4.91. The molecule has 5 aromatic rings. The molecule has 0 aliphatic rings. The number of allylic oxidation sites excluding steroid dienone is 1. The van der Waals surface area contributed by atoms with Crippen LogP contribution >= 0.6 is 0 Å². The molecule has 6 heteroatoms. The number of anilines is 1. The summed E-state index contributed by atoms with van der Waals surface area (Å²) < 4.78 is 22.1. The van der Waals surface area contributed by atoms with E-state index in [4.69, 9.17) is 18.6 Å². The number of carbonyl (C=O) groups is 1. The molecule has 37 heavy (non-hydrogen) atoms. The van der Waals surface area contributed by atoms with E-state index in [0.29, 0.717) is 28.5 Å². The van der Waals surface area contributed by atoms with Crippen molar-refractivity contribution in [2.75, 3.05) is 26.6 Å². The number of methoxy groups -OCH3 is 3. The zero-order chi connectivity index (χ0) is 25.9. The molecule has 0 bridgehead atoms. The van der Waals surface area contributed by atoms with E-state index in [0.717, 1.165) is 33.0 Å². The molecule has 0 radical (unpaired) electrons. The van der Waals surface area contributed by atoms with Crippen LogP contribution in [0, 0.1) is 0 Å². The highest BCUT2D eigenvalue weighted by Gasteiger charge is 2.15. The molecule has 4 aromatic carbocycles. The molecule has 5 rings (SSSR count). The lowest BCUT2D eigenvalue weighted by Crippen LogP contribution is -2.09. The fraction of sp³-hybridized carbons (Fsp3) is 0.129. The Kier molecular flexibility index (Phi) is 6.56. The van der Waals surface area contributed by atoms with Crippen molar-refractivity contribution in [1.29, 1.82) is 0 Å². The lowest BCUT2D eigenvalue weighted by molar-refractivity contribution is -0.111. The number of hydrogen-bond donors (Lipinski definition) is 1. The van der Waals surface area contributed by atoms with E-state index in [9.17, 15) is 4.79 Å². The van der Waals surface area contributed by atoms with Gasteiger partial charge in [-0.15, -0.1) is 0 Å². The number of furan rings is 1. The van der Waals surface area contributed by atoms with Crippen LogP contribution in [0.4, 0.5) is 5.69 Å². The van der Waals surface area contributed by atoms with Crippen LogP contribution in [-0.4, -0.2) is 27.2 Å². The van der Waals surface area contributed by atoms with E-state index in [1.165, 1.54) is 5.39 Å². The van der Waals surface area contributed by atoms with Crippen LogP contribution < -0.4 is 19.5 Å². The Labute approximate surface area is 215 Å². The van der Waals surface area contributed by atoms with Gasteiger partial charge in [0.25, 0.3) is 0 Å². The molecule has 1 amide bonds. The minimum atomic E-state index is -0.270. The number of fused-ring (bicyclic) bond motifs is 2. The van der Waals surface area contributed by atoms with Crippen LogP contribution in [0.5, 0.6) is 17.2 Å². The van der Waals surface area contributed by atoms with Gasteiger partial charge in [0.2, 0.25) is 5.91 Å². The Bertz CT molecular complexity index is 1650. The lowest BCUT2D eigenvalue weighted by Gasteiger charge is -2.11. The van der Waals surface area contributed by atoms with Gasteiger partial charge in [0.15, 0.2) is 11.5 Å². The Morgan fingerprint density at radius 3 is 2.32 bits per heavy atom. The predicted molar refractivity (Wildman–Crippen MR) is 148 cm³/mol. The Morgan fingerprint density at radius 1 is 0.811 bits per heavy atom. The third-order valence-corrected chi connectivity index (χ3v) is 6.38. The van der Waals surface area contributed by atoms with E-state index >= 15 is 0 Å². The molecule has 0 aliphatic carbocycles. The average molecular weight is 494 g/mol. The standard InChI is InChI=1S/C31H27NO5/c1-19(13-31(33)32-23-11-12-27(34-2)30(15-23)36-4)24-16-25-26(18-37-29(25)17-28(24)35-3)22-10-9-20-7-5-6-8-21(20)14-22/h5-18H,1-4H3,(H,32,33)/b19-13+. The van der Waals surface area contributed by atoms with Gasteiger partial charge in [-0.05, 0) is 53.1 Å². The number of rotatable bonds is 7. The SMILES string of the molecule is COc1ccc(NC(=O)/C=C(\C)c2cc3c(-c4ccc5ccccc5c4)coc3cc2OC)cc1OC. The molecule has 0 saturated heterocycles. The van der Waals surface area contributed by atoms with Crippen molar-refractivity contribution >= 4 is 38.9 Å². The smallest absolute Gasteiger partial charge is 0.248 e. The quantitative estimate of drug-likeness (QED) is 0.241. The summed E-state index contributed by atoms with van der Waals surface area (Å²) in [6, 6.07) is 23.7. The Morgan fingerprint density at radius 2 is 1.57 bits per heavy atom. The second-order valence-corrected chi connectivity index (χ2v) is 8.65. The molecule has 0 saturated carbocycles. The summed E-state index contributed by atoms with van der Waals surface area (Å²) in [5, 5.41) is 6.17. The summed E-state index contributed by atoms with van der Waals surface area (Å²) in [6.07, 6.45) is 3.32. The number of benzene rings is 4. The van der Waals surface area contributed by atoms with E-state index < -0.39 is 0 Å². The van der Waals surface area contributed by atoms with E-state index in [2.05, 4.69) is 35.6 Å². The minimum absolute atomic E-state index is 0.270.